The third-order valence-corrected chi connectivity index (χ3v) is 6.00. The number of nitrogens with zero attached hydrogens (tertiary/aromatic N) is 3. The monoisotopic (exact) mass is 442 g/mol. The van der Waals surface area contributed by atoms with Crippen molar-refractivity contribution in [2.75, 3.05) is 12.4 Å². The smallest absolute Gasteiger partial charge is 0.187 e. The number of hydrogen-bond donors (Lipinski definition) is 1. The molecule has 0 aliphatic heterocycles. The van der Waals surface area contributed by atoms with Crippen LogP contribution in [0.4, 0.5) is 10.8 Å². The van der Waals surface area contributed by atoms with Crippen molar-refractivity contribution >= 4 is 38.8 Å². The molecule has 4 rings (SSSR count). The SMILES string of the molecule is C=C/C=C(\C=C/C)c1csc(Nc2cc3nc(-c4cccc(OC)c4)n(C)c3cc2C)n1. The number of aryl methyl sites for hydroxylation is 2. The normalized spacial score (nSPS) is 11.9. The fraction of sp³-hybridized carbons (Fsp3) is 0.154. The standard InChI is InChI=1S/C26H26N4OS/c1-6-9-18(10-7-2)23-16-32-26(29-23)28-21-15-22-24(13-17(21)3)30(4)25(27-22)19-11-8-12-20(14-19)31-5/h6-16H,1H2,2-5H3,(H,28,29)/b10-7-,18-9+. The Morgan fingerprint density at radius 3 is 2.81 bits per heavy atom. The number of aromatic nitrogens is 3. The average Bonchev–Trinajstić information content (AvgIpc) is 3.39. The van der Waals surface area contributed by atoms with Crippen LogP contribution in [0.3, 0.4) is 0 Å². The first kappa shape index (κ1) is 21.6. The lowest BCUT2D eigenvalue weighted by atomic mass is 10.1. The Hall–Kier alpha value is -3.64. The number of benzene rings is 2. The van der Waals surface area contributed by atoms with E-state index in [1.54, 1.807) is 24.5 Å². The van der Waals surface area contributed by atoms with E-state index >= 15 is 0 Å². The molecule has 0 atom stereocenters. The van der Waals surface area contributed by atoms with E-state index in [-0.39, 0.29) is 0 Å². The summed E-state index contributed by atoms with van der Waals surface area (Å²) in [5.74, 6) is 1.72. The van der Waals surface area contributed by atoms with E-state index in [0.717, 1.165) is 55.8 Å². The molecule has 5 nitrogen and oxygen atoms in total. The Morgan fingerprint density at radius 2 is 2.06 bits per heavy atom. The quantitative estimate of drug-likeness (QED) is 0.316. The molecule has 0 amide bonds. The Labute approximate surface area is 192 Å². The summed E-state index contributed by atoms with van der Waals surface area (Å²) in [6, 6.07) is 12.2. The van der Waals surface area contributed by atoms with Crippen molar-refractivity contribution < 1.29 is 4.74 Å². The fourth-order valence-electron chi connectivity index (χ4n) is 3.61. The van der Waals surface area contributed by atoms with Crippen molar-refractivity contribution in [3.8, 4) is 17.1 Å². The van der Waals surface area contributed by atoms with Crippen molar-refractivity contribution in [2.45, 2.75) is 13.8 Å². The summed E-state index contributed by atoms with van der Waals surface area (Å²) in [6.45, 7) is 7.89. The van der Waals surface area contributed by atoms with Crippen LogP contribution < -0.4 is 10.1 Å². The largest absolute Gasteiger partial charge is 0.497 e. The van der Waals surface area contributed by atoms with Gasteiger partial charge in [-0.2, -0.15) is 0 Å². The number of ether oxygens (including phenoxy) is 1. The molecule has 32 heavy (non-hydrogen) atoms. The van der Waals surface area contributed by atoms with E-state index in [0.29, 0.717) is 0 Å². The minimum absolute atomic E-state index is 0.815. The lowest BCUT2D eigenvalue weighted by Crippen LogP contribution is -1.95. The number of anilines is 2. The van der Waals surface area contributed by atoms with Gasteiger partial charge in [0.15, 0.2) is 5.13 Å². The first-order valence-corrected chi connectivity index (χ1v) is 11.2. The molecule has 0 aliphatic rings. The lowest BCUT2D eigenvalue weighted by molar-refractivity contribution is 0.415. The second-order valence-corrected chi connectivity index (χ2v) is 8.26. The van der Waals surface area contributed by atoms with Crippen LogP contribution in [0.2, 0.25) is 0 Å². The zero-order valence-corrected chi connectivity index (χ0v) is 19.5. The Balaban J connectivity index is 1.68. The van der Waals surface area contributed by atoms with E-state index in [4.69, 9.17) is 14.7 Å². The van der Waals surface area contributed by atoms with Crippen LogP contribution in [0, 0.1) is 6.92 Å². The molecular weight excluding hydrogens is 416 g/mol. The summed E-state index contributed by atoms with van der Waals surface area (Å²) in [6.07, 6.45) is 7.78. The third kappa shape index (κ3) is 4.22. The van der Waals surface area contributed by atoms with Gasteiger partial charge in [-0.3, -0.25) is 0 Å². The van der Waals surface area contributed by atoms with Gasteiger partial charge in [-0.05, 0) is 43.7 Å². The second-order valence-electron chi connectivity index (χ2n) is 7.40. The van der Waals surface area contributed by atoms with Crippen molar-refractivity contribution in [2.24, 2.45) is 7.05 Å². The van der Waals surface area contributed by atoms with Crippen LogP contribution in [0.15, 0.2) is 72.7 Å². The lowest BCUT2D eigenvalue weighted by Gasteiger charge is -2.08. The molecule has 0 bridgehead atoms. The van der Waals surface area contributed by atoms with E-state index in [1.807, 2.05) is 61.8 Å². The maximum atomic E-state index is 5.38. The number of hydrogen-bond acceptors (Lipinski definition) is 5. The van der Waals surface area contributed by atoms with Gasteiger partial charge in [-0.15, -0.1) is 11.3 Å². The zero-order chi connectivity index (χ0) is 22.7. The molecule has 2 aromatic heterocycles. The molecule has 0 aliphatic carbocycles. The fourth-order valence-corrected chi connectivity index (χ4v) is 4.34. The minimum atomic E-state index is 0.815. The van der Waals surface area contributed by atoms with Crippen LogP contribution in [-0.4, -0.2) is 21.6 Å². The van der Waals surface area contributed by atoms with Gasteiger partial charge in [0.2, 0.25) is 0 Å². The van der Waals surface area contributed by atoms with Crippen molar-refractivity contribution in [1.82, 2.24) is 14.5 Å². The van der Waals surface area contributed by atoms with Gasteiger partial charge in [0.25, 0.3) is 0 Å². The molecule has 2 heterocycles. The molecule has 1 N–H and O–H groups in total. The molecule has 0 spiro atoms. The van der Waals surface area contributed by atoms with Gasteiger partial charge in [-0.25, -0.2) is 9.97 Å². The number of fused-ring (bicyclic) bond motifs is 1. The predicted octanol–water partition coefficient (Wildman–Crippen LogP) is 6.90. The molecule has 0 radical (unpaired) electrons. The van der Waals surface area contributed by atoms with Crippen molar-refractivity contribution in [3.63, 3.8) is 0 Å². The van der Waals surface area contributed by atoms with Crippen molar-refractivity contribution in [1.29, 1.82) is 0 Å². The van der Waals surface area contributed by atoms with E-state index < -0.39 is 0 Å². The number of rotatable bonds is 7. The summed E-state index contributed by atoms with van der Waals surface area (Å²) < 4.78 is 7.49. The highest BCUT2D eigenvalue weighted by Gasteiger charge is 2.14. The van der Waals surface area contributed by atoms with Crippen LogP contribution in [0.1, 0.15) is 18.2 Å². The summed E-state index contributed by atoms with van der Waals surface area (Å²) in [5, 5.41) is 6.36. The molecule has 2 aromatic carbocycles. The van der Waals surface area contributed by atoms with E-state index in [2.05, 4.69) is 35.5 Å². The first-order chi connectivity index (χ1) is 15.5. The molecule has 0 saturated heterocycles. The number of nitrogens with one attached hydrogen (secondary N) is 1. The number of allylic oxidation sites excluding steroid dienone is 5. The Morgan fingerprint density at radius 1 is 1.22 bits per heavy atom. The molecule has 0 unspecified atom stereocenters. The first-order valence-electron chi connectivity index (χ1n) is 10.3. The van der Waals surface area contributed by atoms with Gasteiger partial charge < -0.3 is 14.6 Å². The van der Waals surface area contributed by atoms with Gasteiger partial charge in [0.1, 0.15) is 11.6 Å². The highest BCUT2D eigenvalue weighted by atomic mass is 32.1. The molecule has 0 fully saturated rings. The van der Waals surface area contributed by atoms with Crippen LogP contribution in [0.5, 0.6) is 5.75 Å². The Kier molecular flexibility index (Phi) is 6.23. The predicted molar refractivity (Wildman–Crippen MR) is 136 cm³/mol. The maximum absolute atomic E-state index is 5.38. The molecular formula is C26H26N4OS. The topological polar surface area (TPSA) is 52.0 Å². The number of methoxy groups -OCH3 is 1. The summed E-state index contributed by atoms with van der Waals surface area (Å²) in [4.78, 5) is 9.66. The third-order valence-electron chi connectivity index (χ3n) is 5.24. The molecule has 0 saturated carbocycles. The summed E-state index contributed by atoms with van der Waals surface area (Å²) in [7, 11) is 3.71. The van der Waals surface area contributed by atoms with Gasteiger partial charge in [0, 0.05) is 29.3 Å². The molecule has 4 aromatic rings. The van der Waals surface area contributed by atoms with E-state index in [9.17, 15) is 0 Å². The van der Waals surface area contributed by atoms with Gasteiger partial charge in [-0.1, -0.05) is 43.0 Å². The minimum Gasteiger partial charge on any atom is -0.497 e. The summed E-state index contributed by atoms with van der Waals surface area (Å²) >= 11 is 1.58. The highest BCUT2D eigenvalue weighted by Crippen LogP contribution is 2.32. The van der Waals surface area contributed by atoms with Crippen molar-refractivity contribution in [3.05, 3.63) is 83.9 Å². The molecule has 162 valence electrons. The second kappa shape index (κ2) is 9.24. The zero-order valence-electron chi connectivity index (χ0n) is 18.7. The van der Waals surface area contributed by atoms with Gasteiger partial charge >= 0.3 is 0 Å². The molecule has 6 heteroatoms. The highest BCUT2D eigenvalue weighted by molar-refractivity contribution is 7.13. The maximum Gasteiger partial charge on any atom is 0.187 e. The summed E-state index contributed by atoms with van der Waals surface area (Å²) in [5.41, 5.74) is 7.11. The van der Waals surface area contributed by atoms with Gasteiger partial charge in [0.05, 0.1) is 23.8 Å². The number of imidazole rings is 1. The van der Waals surface area contributed by atoms with Crippen LogP contribution >= 0.6 is 11.3 Å². The number of thiazole rings is 1. The Bertz CT molecular complexity index is 1340. The van der Waals surface area contributed by atoms with Crippen LogP contribution in [-0.2, 0) is 7.05 Å². The average molecular weight is 443 g/mol. The van der Waals surface area contributed by atoms with E-state index in [1.165, 1.54) is 0 Å². The van der Waals surface area contributed by atoms with Crippen LogP contribution in [0.25, 0.3) is 28.0 Å².